The molecule has 88 valence electrons. The molecular formula is C12H16O4. The Hall–Kier alpha value is -1.32. The van der Waals surface area contributed by atoms with Crippen molar-refractivity contribution in [3.05, 3.63) is 11.1 Å². The quantitative estimate of drug-likeness (QED) is 0.721. The Morgan fingerprint density at radius 1 is 1.19 bits per heavy atom. The molecule has 0 radical (unpaired) electrons. The Morgan fingerprint density at radius 2 is 1.69 bits per heavy atom. The Balaban J connectivity index is 2.48. The molecule has 0 saturated heterocycles. The highest BCUT2D eigenvalue weighted by atomic mass is 16.5. The van der Waals surface area contributed by atoms with Crippen LogP contribution in [0.15, 0.2) is 11.1 Å². The van der Waals surface area contributed by atoms with Crippen molar-refractivity contribution >= 4 is 11.9 Å². The maximum Gasteiger partial charge on any atom is 0.334 e. The zero-order valence-corrected chi connectivity index (χ0v) is 9.69. The fraction of sp³-hybridized carbons (Fsp3) is 0.667. The van der Waals surface area contributed by atoms with Crippen LogP contribution in [-0.4, -0.2) is 24.2 Å². The molecule has 4 atom stereocenters. The fourth-order valence-corrected chi connectivity index (χ4v) is 3.24. The lowest BCUT2D eigenvalue weighted by molar-refractivity contribution is -0.139. The van der Waals surface area contributed by atoms with Crippen molar-refractivity contribution in [2.45, 2.75) is 20.3 Å². The van der Waals surface area contributed by atoms with Crippen molar-refractivity contribution in [1.29, 1.82) is 0 Å². The van der Waals surface area contributed by atoms with Crippen LogP contribution in [0.5, 0.6) is 0 Å². The van der Waals surface area contributed by atoms with Crippen LogP contribution in [0.2, 0.25) is 0 Å². The van der Waals surface area contributed by atoms with E-state index < -0.39 is 11.9 Å². The second kappa shape index (κ2) is 3.61. The molecule has 2 bridgehead atoms. The van der Waals surface area contributed by atoms with Gasteiger partial charge in [-0.1, -0.05) is 13.8 Å². The standard InChI is InChI=1S/C12H16O4/c1-5-6(2)8-4-7(5)9(11(13)14)10(8)12(15)16-3/h5-8H,4H2,1-3H3,(H,13,14). The highest BCUT2D eigenvalue weighted by Crippen LogP contribution is 2.55. The van der Waals surface area contributed by atoms with Crippen LogP contribution in [0.4, 0.5) is 0 Å². The van der Waals surface area contributed by atoms with Gasteiger partial charge >= 0.3 is 11.9 Å². The molecule has 4 unspecified atom stereocenters. The average molecular weight is 224 g/mol. The minimum Gasteiger partial charge on any atom is -0.478 e. The number of carbonyl (C=O) groups excluding carboxylic acids is 1. The van der Waals surface area contributed by atoms with Crippen molar-refractivity contribution in [1.82, 2.24) is 0 Å². The van der Waals surface area contributed by atoms with Crippen molar-refractivity contribution in [3.8, 4) is 0 Å². The van der Waals surface area contributed by atoms with Gasteiger partial charge in [-0.05, 0) is 30.1 Å². The number of carbonyl (C=O) groups is 2. The molecule has 0 aromatic heterocycles. The lowest BCUT2D eigenvalue weighted by Crippen LogP contribution is -2.27. The molecule has 0 heterocycles. The van der Waals surface area contributed by atoms with Crippen molar-refractivity contribution in [2.75, 3.05) is 7.11 Å². The first-order valence-electron chi connectivity index (χ1n) is 5.54. The minimum atomic E-state index is -0.966. The number of methoxy groups -OCH3 is 1. The lowest BCUT2D eigenvalue weighted by atomic mass is 9.77. The zero-order chi connectivity index (χ0) is 12.0. The Morgan fingerprint density at radius 3 is 2.12 bits per heavy atom. The summed E-state index contributed by atoms with van der Waals surface area (Å²) in [6.45, 7) is 4.14. The molecule has 0 spiro atoms. The molecule has 0 aromatic carbocycles. The third-order valence-corrected chi connectivity index (χ3v) is 4.27. The van der Waals surface area contributed by atoms with Gasteiger partial charge in [-0.3, -0.25) is 0 Å². The minimum absolute atomic E-state index is 0.0200. The van der Waals surface area contributed by atoms with E-state index in [0.29, 0.717) is 23.0 Å². The number of hydrogen-bond acceptors (Lipinski definition) is 3. The van der Waals surface area contributed by atoms with Crippen molar-refractivity contribution < 1.29 is 19.4 Å². The number of hydrogen-bond donors (Lipinski definition) is 1. The normalized spacial score (nSPS) is 36.7. The molecule has 2 aliphatic rings. The molecule has 4 nitrogen and oxygen atoms in total. The van der Waals surface area contributed by atoms with Crippen LogP contribution in [0.25, 0.3) is 0 Å². The van der Waals surface area contributed by atoms with E-state index in [4.69, 9.17) is 4.74 Å². The Kier molecular flexibility index (Phi) is 2.52. The van der Waals surface area contributed by atoms with E-state index >= 15 is 0 Å². The SMILES string of the molecule is COC(=O)C1=C(C(=O)O)C2CC1C(C)C2C. The molecule has 2 aliphatic carbocycles. The van der Waals surface area contributed by atoms with Gasteiger partial charge in [0.25, 0.3) is 0 Å². The molecule has 2 rings (SSSR count). The van der Waals surface area contributed by atoms with Gasteiger partial charge in [0.1, 0.15) is 0 Å². The van der Waals surface area contributed by atoms with Gasteiger partial charge in [0.15, 0.2) is 0 Å². The molecule has 4 heteroatoms. The summed E-state index contributed by atoms with van der Waals surface area (Å²) in [4.78, 5) is 22.8. The van der Waals surface area contributed by atoms with E-state index in [-0.39, 0.29) is 11.8 Å². The van der Waals surface area contributed by atoms with E-state index in [1.54, 1.807) is 0 Å². The summed E-state index contributed by atoms with van der Waals surface area (Å²) in [7, 11) is 1.30. The van der Waals surface area contributed by atoms with Gasteiger partial charge < -0.3 is 9.84 Å². The molecule has 16 heavy (non-hydrogen) atoms. The van der Waals surface area contributed by atoms with Crippen LogP contribution in [0.3, 0.4) is 0 Å². The van der Waals surface area contributed by atoms with Gasteiger partial charge in [0.2, 0.25) is 0 Å². The van der Waals surface area contributed by atoms with Gasteiger partial charge in [0, 0.05) is 0 Å². The third kappa shape index (κ3) is 1.29. The van der Waals surface area contributed by atoms with E-state index in [2.05, 4.69) is 13.8 Å². The second-order valence-corrected chi connectivity index (χ2v) is 4.79. The molecule has 1 N–H and O–H groups in total. The fourth-order valence-electron chi connectivity index (χ4n) is 3.24. The number of carboxylic acid groups (broad SMARTS) is 1. The first-order chi connectivity index (χ1) is 7.49. The van der Waals surface area contributed by atoms with Crippen LogP contribution < -0.4 is 0 Å². The lowest BCUT2D eigenvalue weighted by Gasteiger charge is -2.26. The van der Waals surface area contributed by atoms with Gasteiger partial charge in [-0.15, -0.1) is 0 Å². The number of carboxylic acids is 1. The highest BCUT2D eigenvalue weighted by Gasteiger charge is 2.52. The molecule has 1 fully saturated rings. The molecular weight excluding hydrogens is 208 g/mol. The predicted octanol–water partition coefficient (Wildman–Crippen LogP) is 1.46. The Bertz CT molecular complexity index is 382. The topological polar surface area (TPSA) is 63.6 Å². The first kappa shape index (κ1) is 11.2. The summed E-state index contributed by atoms with van der Waals surface area (Å²) in [5.41, 5.74) is 0.702. The van der Waals surface area contributed by atoms with Gasteiger partial charge in [-0.25, -0.2) is 9.59 Å². The second-order valence-electron chi connectivity index (χ2n) is 4.79. The summed E-state index contributed by atoms with van der Waals surface area (Å²) in [5.74, 6) is -0.646. The number of ether oxygens (including phenoxy) is 1. The largest absolute Gasteiger partial charge is 0.478 e. The average Bonchev–Trinajstić information content (AvgIpc) is 2.76. The Labute approximate surface area is 94.3 Å². The van der Waals surface area contributed by atoms with Gasteiger partial charge in [0.05, 0.1) is 18.3 Å². The van der Waals surface area contributed by atoms with E-state index in [1.165, 1.54) is 7.11 Å². The van der Waals surface area contributed by atoms with Crippen molar-refractivity contribution in [3.63, 3.8) is 0 Å². The summed E-state index contributed by atoms with van der Waals surface area (Å²) < 4.78 is 4.69. The molecule has 1 saturated carbocycles. The van der Waals surface area contributed by atoms with Crippen LogP contribution in [-0.2, 0) is 14.3 Å². The van der Waals surface area contributed by atoms with E-state index in [1.807, 2.05) is 0 Å². The maximum absolute atomic E-state index is 11.6. The summed E-state index contributed by atoms with van der Waals surface area (Å²) >= 11 is 0. The predicted molar refractivity (Wildman–Crippen MR) is 56.6 cm³/mol. The summed E-state index contributed by atoms with van der Waals surface area (Å²) in [6.07, 6.45) is 0.786. The molecule has 0 aliphatic heterocycles. The van der Waals surface area contributed by atoms with Gasteiger partial charge in [-0.2, -0.15) is 0 Å². The smallest absolute Gasteiger partial charge is 0.334 e. The van der Waals surface area contributed by atoms with Crippen molar-refractivity contribution in [2.24, 2.45) is 23.7 Å². The monoisotopic (exact) mass is 224 g/mol. The number of rotatable bonds is 2. The third-order valence-electron chi connectivity index (χ3n) is 4.27. The molecule has 0 amide bonds. The number of aliphatic carboxylic acids is 1. The first-order valence-corrected chi connectivity index (χ1v) is 5.54. The van der Waals surface area contributed by atoms with E-state index in [9.17, 15) is 14.7 Å². The maximum atomic E-state index is 11.6. The number of esters is 1. The van der Waals surface area contributed by atoms with Crippen LogP contribution >= 0.6 is 0 Å². The summed E-state index contributed by atoms with van der Waals surface area (Å²) in [6, 6.07) is 0. The zero-order valence-electron chi connectivity index (χ0n) is 9.69. The highest BCUT2D eigenvalue weighted by molar-refractivity contribution is 6.01. The summed E-state index contributed by atoms with van der Waals surface area (Å²) in [5, 5.41) is 9.19. The molecule has 0 aromatic rings. The number of fused-ring (bicyclic) bond motifs is 2. The van der Waals surface area contributed by atoms with Crippen LogP contribution in [0.1, 0.15) is 20.3 Å². The van der Waals surface area contributed by atoms with E-state index in [0.717, 1.165) is 6.42 Å². The van der Waals surface area contributed by atoms with Crippen LogP contribution in [0, 0.1) is 23.7 Å².